The van der Waals surface area contributed by atoms with E-state index in [1.54, 1.807) is 0 Å². The Morgan fingerprint density at radius 2 is 1.42 bits per heavy atom. The van der Waals surface area contributed by atoms with Gasteiger partial charge in [-0.1, -0.05) is 0 Å². The molecule has 4 saturated heterocycles. The first kappa shape index (κ1) is 17.6. The average Bonchev–Trinajstić information content (AvgIpc) is 3.44. The molecule has 4 fully saturated rings. The molecule has 0 amide bonds. The third-order valence-corrected chi connectivity index (χ3v) is 7.64. The normalized spacial score (nSPS) is 47.8. The molecule has 0 saturated carbocycles. The highest BCUT2D eigenvalue weighted by molar-refractivity contribution is 5.44. The van der Waals surface area contributed by atoms with Gasteiger partial charge >= 0.3 is 0 Å². The van der Waals surface area contributed by atoms with Crippen molar-refractivity contribution in [1.82, 2.24) is 0 Å². The minimum atomic E-state index is -0.448. The summed E-state index contributed by atoms with van der Waals surface area (Å²) in [6.07, 6.45) is 12.2. The molecule has 5 aliphatic rings. The Hall–Kier alpha value is -0.460. The van der Waals surface area contributed by atoms with Crippen LogP contribution in [0.3, 0.4) is 0 Å². The molecular formula is C21H32O5. The van der Waals surface area contributed by atoms with Gasteiger partial charge in [-0.15, -0.1) is 0 Å². The number of aliphatic hydroxyl groups excluding tert-OH is 1. The second-order valence-electron chi connectivity index (χ2n) is 8.68. The zero-order valence-electron chi connectivity index (χ0n) is 15.8. The van der Waals surface area contributed by atoms with Crippen molar-refractivity contribution in [2.75, 3.05) is 33.0 Å². The van der Waals surface area contributed by atoms with Gasteiger partial charge in [-0.2, -0.15) is 0 Å². The first-order valence-electron chi connectivity index (χ1n) is 10.6. The first-order valence-corrected chi connectivity index (χ1v) is 10.6. The Bertz CT molecular complexity index is 559. The van der Waals surface area contributed by atoms with Crippen molar-refractivity contribution in [2.45, 2.75) is 86.6 Å². The van der Waals surface area contributed by atoms with Gasteiger partial charge in [-0.05, 0) is 75.9 Å². The van der Waals surface area contributed by atoms with Gasteiger partial charge in [0.05, 0.1) is 0 Å². The second-order valence-corrected chi connectivity index (χ2v) is 8.68. The zero-order chi connectivity index (χ0) is 17.7. The lowest BCUT2D eigenvalue weighted by atomic mass is 9.53. The second kappa shape index (κ2) is 6.28. The fourth-order valence-electron chi connectivity index (χ4n) is 6.86. The van der Waals surface area contributed by atoms with Gasteiger partial charge < -0.3 is 24.1 Å². The summed E-state index contributed by atoms with van der Waals surface area (Å²) in [6.45, 7) is 3.34. The van der Waals surface area contributed by atoms with Crippen LogP contribution in [0.4, 0.5) is 0 Å². The van der Waals surface area contributed by atoms with Crippen LogP contribution < -0.4 is 0 Å². The lowest BCUT2D eigenvalue weighted by molar-refractivity contribution is -0.298. The van der Waals surface area contributed by atoms with Crippen LogP contribution in [0, 0.1) is 0 Å². The van der Waals surface area contributed by atoms with Crippen LogP contribution in [0.5, 0.6) is 0 Å². The van der Waals surface area contributed by atoms with Gasteiger partial charge in [-0.3, -0.25) is 0 Å². The predicted octanol–water partition coefficient (Wildman–Crippen LogP) is 2.90. The van der Waals surface area contributed by atoms with Gasteiger partial charge in [0, 0.05) is 33.0 Å². The van der Waals surface area contributed by atoms with E-state index in [-0.39, 0.29) is 6.61 Å². The maximum absolute atomic E-state index is 9.49. The van der Waals surface area contributed by atoms with Crippen LogP contribution in [0.1, 0.15) is 64.2 Å². The fourth-order valence-corrected chi connectivity index (χ4v) is 6.86. The van der Waals surface area contributed by atoms with Crippen molar-refractivity contribution in [3.8, 4) is 0 Å². The highest BCUT2D eigenvalue weighted by Gasteiger charge is 2.78. The number of hydrogen-bond acceptors (Lipinski definition) is 5. The number of hydrogen-bond donors (Lipinski definition) is 1. The summed E-state index contributed by atoms with van der Waals surface area (Å²) >= 11 is 0. The van der Waals surface area contributed by atoms with E-state index in [2.05, 4.69) is 6.08 Å². The zero-order valence-corrected chi connectivity index (χ0v) is 15.8. The molecule has 0 aromatic heterocycles. The molecule has 5 nitrogen and oxygen atoms in total. The lowest BCUT2D eigenvalue weighted by Gasteiger charge is -2.63. The van der Waals surface area contributed by atoms with Crippen LogP contribution in [0.15, 0.2) is 11.6 Å². The summed E-state index contributed by atoms with van der Waals surface area (Å²) < 4.78 is 26.5. The van der Waals surface area contributed by atoms with Gasteiger partial charge in [0.1, 0.15) is 22.4 Å². The van der Waals surface area contributed by atoms with Crippen LogP contribution in [-0.2, 0) is 18.9 Å². The first-order chi connectivity index (χ1) is 12.7. The van der Waals surface area contributed by atoms with Crippen LogP contribution in [0.2, 0.25) is 0 Å². The molecule has 1 N–H and O–H groups in total. The van der Waals surface area contributed by atoms with E-state index in [4.69, 9.17) is 18.9 Å². The van der Waals surface area contributed by atoms with Gasteiger partial charge in [-0.25, -0.2) is 0 Å². The molecule has 4 aliphatic heterocycles. The fraction of sp³-hybridized carbons (Fsp3) is 0.905. The number of ether oxygens (including phenoxy) is 4. The molecule has 4 spiro atoms. The largest absolute Gasteiger partial charge is 0.396 e. The SMILES string of the molecule is OCCCC1=C[C@@]2(CCCO2)[C@@]2(CCCO2)[C@@]2(CCCO2)[C@@]12CCCO2. The molecule has 0 bridgehead atoms. The Morgan fingerprint density at radius 1 is 0.769 bits per heavy atom. The molecule has 4 heterocycles. The molecule has 0 aromatic rings. The maximum atomic E-state index is 9.49. The molecule has 26 heavy (non-hydrogen) atoms. The molecule has 0 unspecified atom stereocenters. The standard InChI is InChI=1S/C21H32O5/c22-11-1-6-17-16-18(7-2-12-23-18)20(9-4-14-25-20)21(10-5-15-26-21)19(17)8-3-13-24-19/h16,22H,1-15H2/t18-,19+,20-,21+/m0/s1. The minimum Gasteiger partial charge on any atom is -0.396 e. The number of aliphatic hydroxyl groups is 1. The Balaban J connectivity index is 1.73. The van der Waals surface area contributed by atoms with Crippen LogP contribution in [-0.4, -0.2) is 60.5 Å². The highest BCUT2D eigenvalue weighted by Crippen LogP contribution is 2.66. The Kier molecular flexibility index (Phi) is 4.26. The summed E-state index contributed by atoms with van der Waals surface area (Å²) in [5.74, 6) is 0. The van der Waals surface area contributed by atoms with E-state index < -0.39 is 22.4 Å². The summed E-state index contributed by atoms with van der Waals surface area (Å²) in [4.78, 5) is 0. The maximum Gasteiger partial charge on any atom is 0.133 e. The van der Waals surface area contributed by atoms with E-state index in [0.717, 1.165) is 90.6 Å². The molecule has 5 heteroatoms. The number of fused-ring (bicyclic) bond motifs is 3. The van der Waals surface area contributed by atoms with Crippen molar-refractivity contribution in [2.24, 2.45) is 0 Å². The van der Waals surface area contributed by atoms with Crippen LogP contribution >= 0.6 is 0 Å². The Morgan fingerprint density at radius 3 is 2.00 bits per heavy atom. The highest BCUT2D eigenvalue weighted by atomic mass is 16.6. The smallest absolute Gasteiger partial charge is 0.133 e. The van der Waals surface area contributed by atoms with E-state index in [0.29, 0.717) is 0 Å². The van der Waals surface area contributed by atoms with Crippen molar-refractivity contribution in [3.05, 3.63) is 11.6 Å². The quantitative estimate of drug-likeness (QED) is 0.781. The van der Waals surface area contributed by atoms with Crippen molar-refractivity contribution < 1.29 is 24.1 Å². The third kappa shape index (κ3) is 1.99. The molecule has 0 aromatic carbocycles. The molecule has 1 aliphatic carbocycles. The summed E-state index contributed by atoms with van der Waals surface area (Å²) in [5.41, 5.74) is -0.374. The van der Waals surface area contributed by atoms with E-state index in [1.807, 2.05) is 0 Å². The van der Waals surface area contributed by atoms with Gasteiger partial charge in [0.2, 0.25) is 0 Å². The third-order valence-electron chi connectivity index (χ3n) is 7.64. The predicted molar refractivity (Wildman–Crippen MR) is 96.1 cm³/mol. The molecular weight excluding hydrogens is 332 g/mol. The van der Waals surface area contributed by atoms with E-state index >= 15 is 0 Å². The molecule has 0 radical (unpaired) electrons. The number of rotatable bonds is 3. The summed E-state index contributed by atoms with van der Waals surface area (Å²) in [7, 11) is 0. The molecule has 146 valence electrons. The van der Waals surface area contributed by atoms with E-state index in [1.165, 1.54) is 5.57 Å². The van der Waals surface area contributed by atoms with E-state index in [9.17, 15) is 5.11 Å². The minimum absolute atomic E-state index is 0.205. The van der Waals surface area contributed by atoms with Crippen LogP contribution in [0.25, 0.3) is 0 Å². The molecule has 4 atom stereocenters. The van der Waals surface area contributed by atoms with Gasteiger partial charge in [0.25, 0.3) is 0 Å². The lowest BCUT2D eigenvalue weighted by Crippen LogP contribution is -2.77. The van der Waals surface area contributed by atoms with Crippen molar-refractivity contribution in [3.63, 3.8) is 0 Å². The monoisotopic (exact) mass is 364 g/mol. The molecule has 5 rings (SSSR count). The van der Waals surface area contributed by atoms with Crippen molar-refractivity contribution >= 4 is 0 Å². The Labute approximate surface area is 156 Å². The topological polar surface area (TPSA) is 57.2 Å². The van der Waals surface area contributed by atoms with Crippen molar-refractivity contribution in [1.29, 1.82) is 0 Å². The summed E-state index contributed by atoms with van der Waals surface area (Å²) in [5, 5.41) is 9.49. The average molecular weight is 364 g/mol. The summed E-state index contributed by atoms with van der Waals surface area (Å²) in [6, 6.07) is 0. The van der Waals surface area contributed by atoms with Gasteiger partial charge in [0.15, 0.2) is 0 Å².